The van der Waals surface area contributed by atoms with Crippen molar-refractivity contribution < 1.29 is 13.6 Å². The molecule has 4 nitrogen and oxygen atoms in total. The van der Waals surface area contributed by atoms with Crippen LogP contribution >= 0.6 is 11.9 Å². The van der Waals surface area contributed by atoms with E-state index >= 15 is 0 Å². The van der Waals surface area contributed by atoms with E-state index in [2.05, 4.69) is 5.32 Å². The average molecular weight is 273 g/mol. The molecule has 0 spiro atoms. The van der Waals surface area contributed by atoms with Crippen LogP contribution in [0.5, 0.6) is 0 Å². The smallest absolute Gasteiger partial charge is 0.261 e. The van der Waals surface area contributed by atoms with Gasteiger partial charge in [0.15, 0.2) is 0 Å². The molecule has 0 aromatic heterocycles. The summed E-state index contributed by atoms with van der Waals surface area (Å²) in [5.41, 5.74) is 5.48. The van der Waals surface area contributed by atoms with Crippen molar-refractivity contribution in [3.05, 3.63) is 46.0 Å². The van der Waals surface area contributed by atoms with Crippen molar-refractivity contribution in [1.29, 1.82) is 0 Å². The van der Waals surface area contributed by atoms with E-state index in [0.29, 0.717) is 11.9 Å². The number of nitrogens with two attached hydrogens (primary N) is 2. The van der Waals surface area contributed by atoms with Gasteiger partial charge in [-0.2, -0.15) is 0 Å². The van der Waals surface area contributed by atoms with Gasteiger partial charge < -0.3 is 11.1 Å². The zero-order chi connectivity index (χ0) is 13.7. The van der Waals surface area contributed by atoms with Crippen LogP contribution in [0.25, 0.3) is 0 Å². The Morgan fingerprint density at radius 2 is 1.94 bits per heavy atom. The minimum Gasteiger partial charge on any atom is -0.401 e. The highest BCUT2D eigenvalue weighted by molar-refractivity contribution is 8.01. The van der Waals surface area contributed by atoms with Crippen molar-refractivity contribution in [1.82, 2.24) is 5.32 Å². The summed E-state index contributed by atoms with van der Waals surface area (Å²) in [6, 6.07) is 3.49. The molecular weight excluding hydrogens is 260 g/mol. The van der Waals surface area contributed by atoms with Crippen LogP contribution in [0, 0.1) is 11.6 Å². The molecule has 0 heterocycles. The van der Waals surface area contributed by atoms with E-state index in [-0.39, 0.29) is 22.7 Å². The van der Waals surface area contributed by atoms with Crippen LogP contribution in [0.2, 0.25) is 0 Å². The molecule has 1 amide bonds. The highest BCUT2D eigenvalue weighted by Gasteiger charge is 2.14. The highest BCUT2D eigenvalue weighted by atomic mass is 32.2. The van der Waals surface area contributed by atoms with E-state index in [9.17, 15) is 13.6 Å². The number of carbonyl (C=O) groups excluding carboxylic acids is 1. The SMILES string of the molecule is C/C(N)=C(/SN)C(=O)NCc1c(F)cccc1F. The summed E-state index contributed by atoms with van der Waals surface area (Å²) in [6.07, 6.45) is 0. The van der Waals surface area contributed by atoms with Gasteiger partial charge in [-0.15, -0.1) is 0 Å². The Kier molecular flexibility index (Phi) is 5.11. The molecule has 0 aliphatic heterocycles. The van der Waals surface area contributed by atoms with Gasteiger partial charge in [-0.05, 0) is 31.0 Å². The summed E-state index contributed by atoms with van der Waals surface area (Å²) in [5, 5.41) is 7.63. The zero-order valence-corrected chi connectivity index (χ0v) is 10.5. The molecule has 7 heteroatoms. The Balaban J connectivity index is 2.78. The van der Waals surface area contributed by atoms with Gasteiger partial charge in [0.2, 0.25) is 0 Å². The lowest BCUT2D eigenvalue weighted by molar-refractivity contribution is -0.117. The van der Waals surface area contributed by atoms with Crippen LogP contribution in [0.4, 0.5) is 8.78 Å². The highest BCUT2D eigenvalue weighted by Crippen LogP contribution is 2.14. The minimum absolute atomic E-state index is 0.117. The number of hydrogen-bond acceptors (Lipinski definition) is 4. The van der Waals surface area contributed by atoms with Crippen LogP contribution in [0.15, 0.2) is 28.8 Å². The largest absolute Gasteiger partial charge is 0.401 e. The molecule has 1 aromatic carbocycles. The van der Waals surface area contributed by atoms with Crippen LogP contribution in [0.1, 0.15) is 12.5 Å². The fourth-order valence-electron chi connectivity index (χ4n) is 1.28. The molecule has 0 aliphatic rings. The Bertz CT molecular complexity index is 467. The van der Waals surface area contributed by atoms with E-state index < -0.39 is 17.5 Å². The fraction of sp³-hybridized carbons (Fsp3) is 0.182. The van der Waals surface area contributed by atoms with Gasteiger partial charge in [0.1, 0.15) is 16.5 Å². The van der Waals surface area contributed by atoms with Gasteiger partial charge in [-0.25, -0.2) is 8.78 Å². The average Bonchev–Trinajstić information content (AvgIpc) is 2.28. The summed E-state index contributed by atoms with van der Waals surface area (Å²) >= 11 is 0.685. The number of halogens is 2. The Morgan fingerprint density at radius 1 is 1.39 bits per heavy atom. The maximum Gasteiger partial charge on any atom is 0.261 e. The Hall–Kier alpha value is -1.60. The molecule has 0 radical (unpaired) electrons. The van der Waals surface area contributed by atoms with E-state index in [1.165, 1.54) is 13.0 Å². The molecule has 5 N–H and O–H groups in total. The van der Waals surface area contributed by atoms with Crippen LogP contribution < -0.4 is 16.2 Å². The predicted octanol–water partition coefficient (Wildman–Crippen LogP) is 1.38. The topological polar surface area (TPSA) is 81.1 Å². The summed E-state index contributed by atoms with van der Waals surface area (Å²) in [4.78, 5) is 11.7. The Morgan fingerprint density at radius 3 is 2.39 bits per heavy atom. The van der Waals surface area contributed by atoms with Crippen LogP contribution in [0.3, 0.4) is 0 Å². The number of rotatable bonds is 4. The third-order valence-electron chi connectivity index (χ3n) is 2.17. The molecule has 98 valence electrons. The lowest BCUT2D eigenvalue weighted by Crippen LogP contribution is -2.26. The molecule has 18 heavy (non-hydrogen) atoms. The van der Waals surface area contributed by atoms with E-state index in [1.807, 2.05) is 0 Å². The second kappa shape index (κ2) is 6.36. The van der Waals surface area contributed by atoms with Gasteiger partial charge in [0.25, 0.3) is 5.91 Å². The first kappa shape index (κ1) is 14.5. The molecule has 1 aromatic rings. The first-order valence-electron chi connectivity index (χ1n) is 5.01. The molecule has 0 saturated carbocycles. The Labute approximate surface area is 108 Å². The van der Waals surface area contributed by atoms with Gasteiger partial charge in [0, 0.05) is 17.8 Å². The summed E-state index contributed by atoms with van der Waals surface area (Å²) < 4.78 is 26.6. The minimum atomic E-state index is -0.717. The number of amides is 1. The van der Waals surface area contributed by atoms with Crippen molar-refractivity contribution >= 4 is 17.9 Å². The molecule has 0 saturated heterocycles. The van der Waals surface area contributed by atoms with Gasteiger partial charge in [-0.3, -0.25) is 9.93 Å². The molecular formula is C11H13F2N3OS. The zero-order valence-electron chi connectivity index (χ0n) is 9.67. The molecule has 0 bridgehead atoms. The number of carbonyl (C=O) groups is 1. The monoisotopic (exact) mass is 273 g/mol. The van der Waals surface area contributed by atoms with Crippen molar-refractivity contribution in [3.8, 4) is 0 Å². The fourth-order valence-corrected chi connectivity index (χ4v) is 1.64. The number of hydrogen-bond donors (Lipinski definition) is 3. The van der Waals surface area contributed by atoms with Gasteiger partial charge in [-0.1, -0.05) is 6.07 Å². The molecule has 0 unspecified atom stereocenters. The normalized spacial score (nSPS) is 12.0. The number of benzene rings is 1. The standard InChI is InChI=1S/C11H13F2N3OS/c1-6(14)10(18-15)11(17)16-5-7-8(12)3-2-4-9(7)13/h2-4H,5,14-15H2,1H3,(H,16,17)/b10-6-. The third-order valence-corrected chi connectivity index (χ3v) is 2.91. The first-order chi connectivity index (χ1) is 8.47. The first-order valence-corrected chi connectivity index (χ1v) is 5.89. The lowest BCUT2D eigenvalue weighted by atomic mass is 10.2. The molecule has 0 fully saturated rings. The second-order valence-electron chi connectivity index (χ2n) is 3.51. The third kappa shape index (κ3) is 3.44. The van der Waals surface area contributed by atoms with Gasteiger partial charge >= 0.3 is 0 Å². The number of allylic oxidation sites excluding steroid dienone is 1. The van der Waals surface area contributed by atoms with Crippen molar-refractivity contribution in [2.75, 3.05) is 0 Å². The van der Waals surface area contributed by atoms with E-state index in [4.69, 9.17) is 10.9 Å². The maximum absolute atomic E-state index is 13.3. The maximum atomic E-state index is 13.3. The number of nitrogens with one attached hydrogen (secondary N) is 1. The summed E-state index contributed by atoms with van der Waals surface area (Å²) in [6.45, 7) is 1.24. The van der Waals surface area contributed by atoms with E-state index in [1.54, 1.807) is 0 Å². The van der Waals surface area contributed by atoms with Crippen molar-refractivity contribution in [2.45, 2.75) is 13.5 Å². The second-order valence-corrected chi connectivity index (χ2v) is 4.16. The molecule has 1 rings (SSSR count). The molecule has 0 atom stereocenters. The van der Waals surface area contributed by atoms with Crippen LogP contribution in [-0.4, -0.2) is 5.91 Å². The summed E-state index contributed by atoms with van der Waals surface area (Å²) in [5.74, 6) is -2.00. The van der Waals surface area contributed by atoms with Crippen molar-refractivity contribution in [3.63, 3.8) is 0 Å². The lowest BCUT2D eigenvalue weighted by Gasteiger charge is -2.09. The van der Waals surface area contributed by atoms with Crippen LogP contribution in [-0.2, 0) is 11.3 Å². The summed E-state index contributed by atoms with van der Waals surface area (Å²) in [7, 11) is 0. The quantitative estimate of drug-likeness (QED) is 0.572. The van der Waals surface area contributed by atoms with Gasteiger partial charge in [0.05, 0.1) is 0 Å². The predicted molar refractivity (Wildman–Crippen MR) is 66.9 cm³/mol. The van der Waals surface area contributed by atoms with E-state index in [0.717, 1.165) is 12.1 Å². The van der Waals surface area contributed by atoms with Crippen molar-refractivity contribution in [2.24, 2.45) is 10.9 Å². The molecule has 0 aliphatic carbocycles.